The smallest absolute Gasteiger partial charge is 0.488 e. The average Bonchev–Trinajstić information content (AvgIpc) is 3.14. The number of benzene rings is 3. The van der Waals surface area contributed by atoms with E-state index < -0.39 is 23.6 Å². The number of carbonyl (C=O) groups is 1. The lowest BCUT2D eigenvalue weighted by atomic mass is 10.1. The summed E-state index contributed by atoms with van der Waals surface area (Å²) in [6, 6.07) is 12.4. The van der Waals surface area contributed by atoms with E-state index in [9.17, 15) is 18.0 Å². The molecule has 9 heteroatoms. The molecule has 32 heavy (non-hydrogen) atoms. The van der Waals surface area contributed by atoms with Crippen molar-refractivity contribution in [2.24, 2.45) is 0 Å². The Morgan fingerprint density at radius 1 is 0.969 bits per heavy atom. The molecule has 0 radical (unpaired) electrons. The largest absolute Gasteiger partial charge is 0.511 e. The number of hydrogen-bond donors (Lipinski definition) is 1. The molecule has 0 saturated heterocycles. The zero-order chi connectivity index (χ0) is 22.8. The minimum Gasteiger partial charge on any atom is -0.488 e. The summed E-state index contributed by atoms with van der Waals surface area (Å²) >= 11 is 5.96. The van der Waals surface area contributed by atoms with E-state index in [1.807, 2.05) is 0 Å². The van der Waals surface area contributed by atoms with Crippen LogP contribution < -0.4 is 9.47 Å². The second-order valence-electron chi connectivity index (χ2n) is 6.90. The molecule has 0 aliphatic carbocycles. The van der Waals surface area contributed by atoms with Gasteiger partial charge >= 0.3 is 6.16 Å². The van der Waals surface area contributed by atoms with Gasteiger partial charge in [-0.25, -0.2) is 18.0 Å². The zero-order valence-electron chi connectivity index (χ0n) is 16.3. The molecular weight excluding hydrogens is 447 g/mol. The molecule has 0 fully saturated rings. The molecule has 0 unspecified atom stereocenters. The maximum atomic E-state index is 14.0. The monoisotopic (exact) mass is 461 g/mol. The van der Waals surface area contributed by atoms with Gasteiger partial charge in [0.2, 0.25) is 0 Å². The number of fused-ring (bicyclic) bond motifs is 1. The number of nitrogens with zero attached hydrogens (tertiary/aromatic N) is 1. The van der Waals surface area contributed by atoms with Crippen LogP contribution in [0, 0.1) is 17.5 Å². The molecule has 5 nitrogen and oxygen atoms in total. The Bertz CT molecular complexity index is 1320. The first-order chi connectivity index (χ1) is 15.3. The van der Waals surface area contributed by atoms with Gasteiger partial charge in [-0.1, -0.05) is 17.7 Å². The van der Waals surface area contributed by atoms with Gasteiger partial charge in [0.25, 0.3) is 0 Å². The van der Waals surface area contributed by atoms with Gasteiger partial charge in [-0.05, 0) is 48.5 Å². The van der Waals surface area contributed by atoms with E-state index in [4.69, 9.17) is 26.2 Å². The second kappa shape index (κ2) is 8.84. The topological polar surface area (TPSA) is 60.7 Å². The molecule has 4 rings (SSSR count). The third-order valence-electron chi connectivity index (χ3n) is 4.81. The number of ether oxygens (including phenoxy) is 2. The van der Waals surface area contributed by atoms with Crippen LogP contribution in [-0.2, 0) is 13.2 Å². The molecule has 4 aromatic rings. The fourth-order valence-electron chi connectivity index (χ4n) is 3.34. The molecule has 1 aromatic heterocycles. The summed E-state index contributed by atoms with van der Waals surface area (Å²) in [6.07, 6.45) is 0.280. The quantitative estimate of drug-likeness (QED) is 0.205. The van der Waals surface area contributed by atoms with E-state index >= 15 is 0 Å². The van der Waals surface area contributed by atoms with E-state index in [1.165, 1.54) is 24.3 Å². The summed E-state index contributed by atoms with van der Waals surface area (Å²) in [5.74, 6) is -2.09. The predicted octanol–water partition coefficient (Wildman–Crippen LogP) is 6.40. The van der Waals surface area contributed by atoms with Gasteiger partial charge in [0, 0.05) is 22.7 Å². The molecule has 0 saturated carbocycles. The van der Waals surface area contributed by atoms with Crippen LogP contribution in [0.4, 0.5) is 18.0 Å². The maximum absolute atomic E-state index is 14.0. The Balaban J connectivity index is 1.62. The van der Waals surface area contributed by atoms with Crippen molar-refractivity contribution < 1.29 is 32.5 Å². The molecule has 0 amide bonds. The Kier molecular flexibility index (Phi) is 5.96. The van der Waals surface area contributed by atoms with Crippen LogP contribution in [0.25, 0.3) is 10.9 Å². The summed E-state index contributed by atoms with van der Waals surface area (Å²) < 4.78 is 53.1. The van der Waals surface area contributed by atoms with Crippen molar-refractivity contribution in [3.63, 3.8) is 0 Å². The van der Waals surface area contributed by atoms with Crippen LogP contribution in [0.1, 0.15) is 11.1 Å². The van der Waals surface area contributed by atoms with Crippen LogP contribution in [0.5, 0.6) is 11.5 Å². The van der Waals surface area contributed by atoms with Crippen molar-refractivity contribution in [1.29, 1.82) is 0 Å². The lowest BCUT2D eigenvalue weighted by Gasteiger charge is -2.14. The van der Waals surface area contributed by atoms with Gasteiger partial charge in [-0.2, -0.15) is 0 Å². The molecule has 0 aliphatic heterocycles. The summed E-state index contributed by atoms with van der Waals surface area (Å²) in [5, 5.41) is 9.48. The molecule has 0 bridgehead atoms. The molecule has 3 aromatic carbocycles. The molecule has 1 N–H and O–H groups in total. The molecule has 1 heterocycles. The number of hydrogen-bond acceptors (Lipinski definition) is 3. The first-order valence-electron chi connectivity index (χ1n) is 9.35. The first-order valence-corrected chi connectivity index (χ1v) is 9.73. The standard InChI is InChI=1S/C23H15ClF3NO4/c24-17-10-19(27)18(26)9-14(17)12-31-21-5-4-15(25)8-13(21)11-28-7-6-16-20(28)2-1-3-22(16)32-23(29)30/h1-10H,11-12H2,(H,29,30). The second-order valence-corrected chi connectivity index (χ2v) is 7.31. The Labute approximate surface area is 185 Å². The van der Waals surface area contributed by atoms with Gasteiger partial charge in [-0.3, -0.25) is 0 Å². The van der Waals surface area contributed by atoms with Gasteiger partial charge in [-0.15, -0.1) is 0 Å². The van der Waals surface area contributed by atoms with Crippen LogP contribution in [0.15, 0.2) is 60.8 Å². The Morgan fingerprint density at radius 2 is 1.75 bits per heavy atom. The fourth-order valence-corrected chi connectivity index (χ4v) is 3.55. The van der Waals surface area contributed by atoms with Crippen molar-refractivity contribution in [3.05, 3.63) is 94.4 Å². The summed E-state index contributed by atoms with van der Waals surface area (Å²) in [5.41, 5.74) is 1.39. The first kappa shape index (κ1) is 21.6. The minimum absolute atomic E-state index is 0.00919. The summed E-state index contributed by atoms with van der Waals surface area (Å²) in [7, 11) is 0. The van der Waals surface area contributed by atoms with Crippen molar-refractivity contribution in [3.8, 4) is 11.5 Å². The zero-order valence-corrected chi connectivity index (χ0v) is 17.1. The lowest BCUT2D eigenvalue weighted by molar-refractivity contribution is 0.145. The number of halogens is 4. The SMILES string of the molecule is O=C(O)Oc1cccc2c1ccn2Cc1cc(F)ccc1OCc1cc(F)c(F)cc1Cl. The van der Waals surface area contributed by atoms with Crippen LogP contribution >= 0.6 is 11.6 Å². The Hall–Kier alpha value is -3.65. The third kappa shape index (κ3) is 4.50. The van der Waals surface area contributed by atoms with E-state index in [1.54, 1.807) is 29.0 Å². The molecule has 0 atom stereocenters. The highest BCUT2D eigenvalue weighted by atomic mass is 35.5. The number of aromatic nitrogens is 1. The highest BCUT2D eigenvalue weighted by Crippen LogP contribution is 2.30. The van der Waals surface area contributed by atoms with E-state index in [-0.39, 0.29) is 29.5 Å². The molecule has 164 valence electrons. The van der Waals surface area contributed by atoms with Crippen LogP contribution in [0.2, 0.25) is 5.02 Å². The van der Waals surface area contributed by atoms with Crippen molar-refractivity contribution in [1.82, 2.24) is 4.57 Å². The fraction of sp³-hybridized carbons (Fsp3) is 0.0870. The van der Waals surface area contributed by atoms with E-state index in [2.05, 4.69) is 0 Å². The van der Waals surface area contributed by atoms with Crippen molar-refractivity contribution in [2.75, 3.05) is 0 Å². The maximum Gasteiger partial charge on any atom is 0.511 e. The van der Waals surface area contributed by atoms with Gasteiger partial charge in [0.1, 0.15) is 23.9 Å². The third-order valence-corrected chi connectivity index (χ3v) is 5.16. The van der Waals surface area contributed by atoms with Gasteiger partial charge in [0.05, 0.1) is 17.1 Å². The lowest BCUT2D eigenvalue weighted by Crippen LogP contribution is -2.05. The summed E-state index contributed by atoms with van der Waals surface area (Å²) in [4.78, 5) is 10.9. The predicted molar refractivity (Wildman–Crippen MR) is 112 cm³/mol. The number of rotatable bonds is 6. The summed E-state index contributed by atoms with van der Waals surface area (Å²) in [6.45, 7) is 0.0380. The van der Waals surface area contributed by atoms with Crippen molar-refractivity contribution >= 4 is 28.7 Å². The van der Waals surface area contributed by atoms with Crippen LogP contribution in [0.3, 0.4) is 0 Å². The highest BCUT2D eigenvalue weighted by molar-refractivity contribution is 6.31. The molecule has 0 aliphatic rings. The normalized spacial score (nSPS) is 11.0. The van der Waals surface area contributed by atoms with E-state index in [0.29, 0.717) is 22.2 Å². The van der Waals surface area contributed by atoms with Gasteiger partial charge < -0.3 is 19.1 Å². The van der Waals surface area contributed by atoms with E-state index in [0.717, 1.165) is 12.1 Å². The minimum atomic E-state index is -1.43. The van der Waals surface area contributed by atoms with Gasteiger partial charge in [0.15, 0.2) is 11.6 Å². The molecule has 0 spiro atoms. The highest BCUT2D eigenvalue weighted by Gasteiger charge is 2.14. The van der Waals surface area contributed by atoms with Crippen molar-refractivity contribution in [2.45, 2.75) is 13.2 Å². The Morgan fingerprint density at radius 3 is 2.53 bits per heavy atom. The average molecular weight is 462 g/mol. The number of carboxylic acid groups (broad SMARTS) is 1. The molecular formula is C23H15ClF3NO4. The van der Waals surface area contributed by atoms with Crippen LogP contribution in [-0.4, -0.2) is 15.8 Å².